The first-order valence-electron chi connectivity index (χ1n) is 16.7. The Labute approximate surface area is 272 Å². The summed E-state index contributed by atoms with van der Waals surface area (Å²) >= 11 is 0. The van der Waals surface area contributed by atoms with Gasteiger partial charge in [0.2, 0.25) is 0 Å². The number of hydrogen-bond donors (Lipinski definition) is 2. The number of nitrogens with zero attached hydrogens (tertiary/aromatic N) is 3. The molecule has 0 bridgehead atoms. The van der Waals surface area contributed by atoms with Gasteiger partial charge in [-0.1, -0.05) is 127 Å². The van der Waals surface area contributed by atoms with Crippen molar-refractivity contribution in [3.05, 3.63) is 173 Å². The third kappa shape index (κ3) is 5.80. The zero-order valence-corrected chi connectivity index (χ0v) is 26.3. The normalized spacial score (nSPS) is 19.4. The van der Waals surface area contributed by atoms with E-state index in [0.717, 1.165) is 72.4 Å². The van der Waals surface area contributed by atoms with Crippen LogP contribution in [0.2, 0.25) is 0 Å². The Morgan fingerprint density at radius 2 is 0.804 bits per heavy atom. The highest BCUT2D eigenvalue weighted by Crippen LogP contribution is 2.42. The van der Waals surface area contributed by atoms with E-state index in [1.165, 1.54) is 0 Å². The summed E-state index contributed by atoms with van der Waals surface area (Å²) in [7, 11) is 0. The third-order valence-electron chi connectivity index (χ3n) is 10.1. The predicted molar refractivity (Wildman–Crippen MR) is 183 cm³/mol. The van der Waals surface area contributed by atoms with E-state index in [0.29, 0.717) is 13.1 Å². The molecule has 0 saturated carbocycles. The minimum atomic E-state index is -1.13. The van der Waals surface area contributed by atoms with Gasteiger partial charge in [-0.3, -0.25) is 14.8 Å². The molecule has 5 aromatic rings. The SMILES string of the molecule is OC(c1ccccc1)(c1ccccc1)[C@@H]1CCCN1Cc1cccc(CN2CCC[C@H]2C(O)(c2ccccc2)c2ccccc2)n1. The molecule has 2 atom stereocenters. The largest absolute Gasteiger partial charge is 0.379 e. The van der Waals surface area contributed by atoms with Gasteiger partial charge in [-0.25, -0.2) is 0 Å². The summed E-state index contributed by atoms with van der Waals surface area (Å²) in [6, 6.07) is 46.6. The molecular formula is C41H43N3O2. The fourth-order valence-electron chi connectivity index (χ4n) is 7.97. The summed E-state index contributed by atoms with van der Waals surface area (Å²) < 4.78 is 0. The van der Waals surface area contributed by atoms with Crippen molar-refractivity contribution in [3.8, 4) is 0 Å². The Balaban J connectivity index is 1.14. The summed E-state index contributed by atoms with van der Waals surface area (Å²) in [4.78, 5) is 10.00. The zero-order valence-electron chi connectivity index (χ0n) is 26.3. The topological polar surface area (TPSA) is 59.8 Å². The van der Waals surface area contributed by atoms with Gasteiger partial charge in [0.1, 0.15) is 11.2 Å². The van der Waals surface area contributed by atoms with Gasteiger partial charge >= 0.3 is 0 Å². The minimum absolute atomic E-state index is 0.0718. The molecule has 4 aromatic carbocycles. The molecule has 0 spiro atoms. The second-order valence-corrected chi connectivity index (χ2v) is 12.9. The molecule has 5 heteroatoms. The average molecular weight is 610 g/mol. The molecule has 234 valence electrons. The molecule has 5 nitrogen and oxygen atoms in total. The third-order valence-corrected chi connectivity index (χ3v) is 10.1. The van der Waals surface area contributed by atoms with Crippen LogP contribution in [0.1, 0.15) is 59.3 Å². The highest BCUT2D eigenvalue weighted by Gasteiger charge is 2.46. The summed E-state index contributed by atoms with van der Waals surface area (Å²) in [6.45, 7) is 3.16. The molecule has 7 rings (SSSR count). The first-order chi connectivity index (χ1) is 22.6. The quantitative estimate of drug-likeness (QED) is 0.181. The van der Waals surface area contributed by atoms with Crippen molar-refractivity contribution in [2.45, 2.75) is 62.1 Å². The van der Waals surface area contributed by atoms with Crippen LogP contribution in [0.4, 0.5) is 0 Å². The number of likely N-dealkylation sites (tertiary alicyclic amines) is 2. The molecule has 0 amide bonds. The summed E-state index contributed by atoms with van der Waals surface area (Å²) in [5.74, 6) is 0. The van der Waals surface area contributed by atoms with Gasteiger partial charge in [0.15, 0.2) is 0 Å². The number of pyridine rings is 1. The Kier molecular flexibility index (Phi) is 8.83. The van der Waals surface area contributed by atoms with Crippen molar-refractivity contribution >= 4 is 0 Å². The number of rotatable bonds is 10. The van der Waals surface area contributed by atoms with Crippen molar-refractivity contribution in [2.75, 3.05) is 13.1 Å². The van der Waals surface area contributed by atoms with Crippen molar-refractivity contribution in [1.29, 1.82) is 0 Å². The monoisotopic (exact) mass is 609 g/mol. The van der Waals surface area contributed by atoms with Gasteiger partial charge in [-0.2, -0.15) is 0 Å². The highest BCUT2D eigenvalue weighted by molar-refractivity contribution is 5.40. The molecular weight excluding hydrogens is 566 g/mol. The Morgan fingerprint density at radius 1 is 0.478 bits per heavy atom. The van der Waals surface area contributed by atoms with Crippen LogP contribution in [-0.2, 0) is 24.3 Å². The standard InChI is InChI=1S/C41H43N3O2/c45-40(32-16-5-1-6-17-32,33-18-7-2-8-19-33)38-26-14-28-43(38)30-36-24-13-25-37(42-36)31-44-29-15-27-39(44)41(46,34-20-9-3-10-21-34)35-22-11-4-12-23-35/h1-13,16-25,38-39,45-46H,14-15,26-31H2/t38-,39-/m0/s1. The van der Waals surface area contributed by atoms with Gasteiger partial charge in [0, 0.05) is 25.2 Å². The fraction of sp³-hybridized carbons (Fsp3) is 0.293. The van der Waals surface area contributed by atoms with E-state index < -0.39 is 11.2 Å². The van der Waals surface area contributed by atoms with Crippen LogP contribution in [0.3, 0.4) is 0 Å². The maximum absolute atomic E-state index is 12.5. The van der Waals surface area contributed by atoms with Gasteiger partial charge in [-0.05, 0) is 73.2 Å². The lowest BCUT2D eigenvalue weighted by atomic mass is 9.79. The van der Waals surface area contributed by atoms with Crippen LogP contribution < -0.4 is 0 Å². The van der Waals surface area contributed by atoms with Crippen molar-refractivity contribution < 1.29 is 10.2 Å². The number of aromatic nitrogens is 1. The molecule has 0 radical (unpaired) electrons. The molecule has 2 aliphatic heterocycles. The fourth-order valence-corrected chi connectivity index (χ4v) is 7.97. The molecule has 2 aliphatic rings. The van der Waals surface area contributed by atoms with Crippen LogP contribution in [0, 0.1) is 0 Å². The maximum Gasteiger partial charge on any atom is 0.130 e. The van der Waals surface area contributed by atoms with Gasteiger partial charge in [0.25, 0.3) is 0 Å². The number of benzene rings is 4. The Bertz CT molecular complexity index is 1490. The van der Waals surface area contributed by atoms with Crippen molar-refractivity contribution in [2.24, 2.45) is 0 Å². The minimum Gasteiger partial charge on any atom is -0.379 e. The van der Waals surface area contributed by atoms with Gasteiger partial charge in [-0.15, -0.1) is 0 Å². The van der Waals surface area contributed by atoms with Crippen LogP contribution in [0.25, 0.3) is 0 Å². The lowest BCUT2D eigenvalue weighted by molar-refractivity contribution is -0.00767. The smallest absolute Gasteiger partial charge is 0.130 e. The average Bonchev–Trinajstić information content (AvgIpc) is 3.79. The van der Waals surface area contributed by atoms with Crippen LogP contribution in [-0.4, -0.2) is 50.2 Å². The lowest BCUT2D eigenvalue weighted by Crippen LogP contribution is -2.48. The summed E-state index contributed by atoms with van der Waals surface area (Å²) in [5.41, 5.74) is 3.44. The van der Waals surface area contributed by atoms with E-state index in [-0.39, 0.29) is 12.1 Å². The van der Waals surface area contributed by atoms with E-state index >= 15 is 0 Å². The molecule has 0 aliphatic carbocycles. The molecule has 46 heavy (non-hydrogen) atoms. The second-order valence-electron chi connectivity index (χ2n) is 12.9. The van der Waals surface area contributed by atoms with Crippen LogP contribution in [0.15, 0.2) is 140 Å². The van der Waals surface area contributed by atoms with Gasteiger partial charge in [0.05, 0.1) is 11.4 Å². The highest BCUT2D eigenvalue weighted by atomic mass is 16.3. The van der Waals surface area contributed by atoms with Gasteiger partial charge < -0.3 is 10.2 Å². The molecule has 2 saturated heterocycles. The van der Waals surface area contributed by atoms with E-state index in [1.807, 2.05) is 121 Å². The molecule has 1 aromatic heterocycles. The summed E-state index contributed by atoms with van der Waals surface area (Å²) in [5, 5.41) is 25.1. The first-order valence-corrected chi connectivity index (χ1v) is 16.7. The molecule has 2 fully saturated rings. The van der Waals surface area contributed by atoms with E-state index in [9.17, 15) is 10.2 Å². The van der Waals surface area contributed by atoms with E-state index in [4.69, 9.17) is 4.98 Å². The Hall–Kier alpha value is -4.13. The maximum atomic E-state index is 12.5. The summed E-state index contributed by atoms with van der Waals surface area (Å²) in [6.07, 6.45) is 3.87. The number of hydrogen-bond acceptors (Lipinski definition) is 5. The van der Waals surface area contributed by atoms with E-state index in [2.05, 4.69) is 28.0 Å². The van der Waals surface area contributed by atoms with Crippen LogP contribution in [0.5, 0.6) is 0 Å². The number of aliphatic hydroxyl groups is 2. The first kappa shape index (κ1) is 30.5. The predicted octanol–water partition coefficient (Wildman–Crippen LogP) is 6.88. The molecule has 3 heterocycles. The zero-order chi connectivity index (χ0) is 31.4. The van der Waals surface area contributed by atoms with Crippen molar-refractivity contribution in [3.63, 3.8) is 0 Å². The van der Waals surface area contributed by atoms with Crippen LogP contribution >= 0.6 is 0 Å². The Morgan fingerprint density at radius 3 is 1.13 bits per heavy atom. The van der Waals surface area contributed by atoms with Crippen molar-refractivity contribution in [1.82, 2.24) is 14.8 Å². The molecule has 0 unspecified atom stereocenters. The molecule has 2 N–H and O–H groups in total. The lowest BCUT2D eigenvalue weighted by Gasteiger charge is -2.40. The van der Waals surface area contributed by atoms with E-state index in [1.54, 1.807) is 0 Å². The second kappa shape index (κ2) is 13.3.